The largest absolute Gasteiger partial charge is 0.481 e. The number of hydrogen-bond donors (Lipinski definition) is 2. The number of allylic oxidation sites excluding steroid dienone is 2. The van der Waals surface area contributed by atoms with Gasteiger partial charge in [-0.25, -0.2) is 4.98 Å². The number of aryl methyl sites for hydroxylation is 1. The van der Waals surface area contributed by atoms with Gasteiger partial charge in [-0.2, -0.15) is 0 Å². The molecule has 0 aliphatic heterocycles. The highest BCUT2D eigenvalue weighted by Gasteiger charge is 2.51. The highest BCUT2D eigenvalue weighted by Crippen LogP contribution is 2.48. The summed E-state index contributed by atoms with van der Waals surface area (Å²) in [6.07, 6.45) is 6.22. The minimum Gasteiger partial charge on any atom is -0.481 e. The topological polar surface area (TPSA) is 79.3 Å². The average Bonchev–Trinajstić information content (AvgIpc) is 3.03. The lowest BCUT2D eigenvalue weighted by atomic mass is 9.82. The van der Waals surface area contributed by atoms with Crippen LogP contribution in [0.2, 0.25) is 0 Å². The Bertz CT molecular complexity index is 644. The number of aliphatic carboxylic acids is 1. The molecule has 0 saturated heterocycles. The third kappa shape index (κ3) is 2.48. The van der Waals surface area contributed by atoms with Gasteiger partial charge in [0.05, 0.1) is 23.7 Å². The number of hydrogen-bond acceptors (Lipinski definition) is 3. The summed E-state index contributed by atoms with van der Waals surface area (Å²) < 4.78 is 0.728. The molecule has 1 aromatic heterocycles. The summed E-state index contributed by atoms with van der Waals surface area (Å²) in [4.78, 5) is 28.0. The molecule has 2 bridgehead atoms. The van der Waals surface area contributed by atoms with Crippen molar-refractivity contribution >= 4 is 33.5 Å². The van der Waals surface area contributed by atoms with E-state index in [1.807, 2.05) is 25.1 Å². The number of pyridine rings is 1. The molecule has 2 unspecified atom stereocenters. The number of carbonyl (C=O) groups excluding carboxylic acids is 1. The van der Waals surface area contributed by atoms with E-state index in [0.29, 0.717) is 5.69 Å². The number of carboxylic acid groups (broad SMARTS) is 1. The number of halogens is 1. The van der Waals surface area contributed by atoms with Crippen LogP contribution in [-0.2, 0) is 9.59 Å². The third-order valence-corrected chi connectivity index (χ3v) is 5.16. The third-order valence-electron chi connectivity index (χ3n) is 4.33. The number of fused-ring (bicyclic) bond motifs is 2. The highest BCUT2D eigenvalue weighted by atomic mass is 79.9. The van der Waals surface area contributed by atoms with Crippen LogP contribution in [0.1, 0.15) is 12.0 Å². The smallest absolute Gasteiger partial charge is 0.307 e. The van der Waals surface area contributed by atoms with Crippen molar-refractivity contribution in [1.29, 1.82) is 0 Å². The van der Waals surface area contributed by atoms with Gasteiger partial charge in [0.15, 0.2) is 0 Å². The fraction of sp³-hybridized carbons (Fsp3) is 0.400. The molecule has 1 aromatic rings. The number of carboxylic acids is 1. The van der Waals surface area contributed by atoms with Crippen LogP contribution >= 0.6 is 15.9 Å². The summed E-state index contributed by atoms with van der Waals surface area (Å²) in [5.41, 5.74) is 1.51. The first-order valence-electron chi connectivity index (χ1n) is 6.81. The van der Waals surface area contributed by atoms with Crippen molar-refractivity contribution < 1.29 is 14.7 Å². The molecule has 0 spiro atoms. The number of amides is 1. The van der Waals surface area contributed by atoms with E-state index in [-0.39, 0.29) is 17.7 Å². The van der Waals surface area contributed by atoms with Crippen LogP contribution in [0.25, 0.3) is 0 Å². The van der Waals surface area contributed by atoms with E-state index in [2.05, 4.69) is 26.2 Å². The average molecular weight is 351 g/mol. The summed E-state index contributed by atoms with van der Waals surface area (Å²) >= 11 is 3.31. The number of carbonyl (C=O) groups is 2. The molecular weight excluding hydrogens is 336 g/mol. The highest BCUT2D eigenvalue weighted by molar-refractivity contribution is 9.10. The van der Waals surface area contributed by atoms with E-state index >= 15 is 0 Å². The Morgan fingerprint density at radius 3 is 2.62 bits per heavy atom. The van der Waals surface area contributed by atoms with Gasteiger partial charge in [-0.15, -0.1) is 0 Å². The SMILES string of the molecule is Cc1cc(NC(=O)[C@H]2C3C=CC(C3)[C@H]2C(=O)O)cnc1Br. The quantitative estimate of drug-likeness (QED) is 0.648. The molecule has 1 saturated carbocycles. The molecule has 2 N–H and O–H groups in total. The van der Waals surface area contributed by atoms with Crippen molar-refractivity contribution in [2.24, 2.45) is 23.7 Å². The zero-order chi connectivity index (χ0) is 15.1. The maximum atomic E-state index is 12.5. The van der Waals surface area contributed by atoms with E-state index in [0.717, 1.165) is 16.6 Å². The molecule has 6 heteroatoms. The summed E-state index contributed by atoms with van der Waals surface area (Å²) in [7, 11) is 0. The van der Waals surface area contributed by atoms with Gasteiger partial charge in [-0.05, 0) is 52.7 Å². The molecule has 2 aliphatic carbocycles. The molecule has 4 atom stereocenters. The van der Waals surface area contributed by atoms with Crippen molar-refractivity contribution in [1.82, 2.24) is 4.98 Å². The van der Waals surface area contributed by atoms with Crippen molar-refractivity contribution in [2.75, 3.05) is 5.32 Å². The zero-order valence-electron chi connectivity index (χ0n) is 11.4. The predicted molar refractivity (Wildman–Crippen MR) is 80.7 cm³/mol. The van der Waals surface area contributed by atoms with Gasteiger partial charge in [0, 0.05) is 0 Å². The number of anilines is 1. The molecule has 0 aromatic carbocycles. The first-order chi connectivity index (χ1) is 9.97. The first kappa shape index (κ1) is 14.3. The second-order valence-corrected chi connectivity index (χ2v) is 6.41. The lowest BCUT2D eigenvalue weighted by molar-refractivity contribution is -0.146. The maximum absolute atomic E-state index is 12.5. The van der Waals surface area contributed by atoms with Gasteiger partial charge in [-0.1, -0.05) is 12.2 Å². The Kier molecular flexibility index (Phi) is 3.57. The van der Waals surface area contributed by atoms with Gasteiger partial charge in [0.1, 0.15) is 4.60 Å². The Morgan fingerprint density at radius 2 is 2.00 bits per heavy atom. The number of nitrogens with zero attached hydrogens (tertiary/aromatic N) is 1. The van der Waals surface area contributed by atoms with Gasteiger partial charge in [-0.3, -0.25) is 9.59 Å². The van der Waals surface area contributed by atoms with E-state index in [9.17, 15) is 14.7 Å². The second kappa shape index (κ2) is 5.26. The fourth-order valence-corrected chi connectivity index (χ4v) is 3.59. The van der Waals surface area contributed by atoms with E-state index in [4.69, 9.17) is 0 Å². The normalized spacial score (nSPS) is 29.6. The summed E-state index contributed by atoms with van der Waals surface area (Å²) in [5, 5.41) is 12.2. The molecule has 3 rings (SSSR count). The van der Waals surface area contributed by atoms with Gasteiger partial charge >= 0.3 is 5.97 Å². The van der Waals surface area contributed by atoms with Gasteiger partial charge in [0.2, 0.25) is 5.91 Å². The molecular formula is C15H15BrN2O3. The van der Waals surface area contributed by atoms with Crippen LogP contribution in [0.5, 0.6) is 0 Å². The Morgan fingerprint density at radius 1 is 1.33 bits per heavy atom. The van der Waals surface area contributed by atoms with E-state index < -0.39 is 17.8 Å². The maximum Gasteiger partial charge on any atom is 0.307 e. The minimum absolute atomic E-state index is 0.0203. The monoisotopic (exact) mass is 350 g/mol. The molecule has 2 aliphatic rings. The predicted octanol–water partition coefficient (Wildman–Crippen LogP) is 2.61. The van der Waals surface area contributed by atoms with Crippen LogP contribution in [0.3, 0.4) is 0 Å². The lowest BCUT2D eigenvalue weighted by Gasteiger charge is -2.23. The Balaban J connectivity index is 1.80. The number of nitrogens with one attached hydrogen (secondary N) is 1. The van der Waals surface area contributed by atoms with Crippen LogP contribution < -0.4 is 5.32 Å². The molecule has 1 heterocycles. The summed E-state index contributed by atoms with van der Waals surface area (Å²) in [6, 6.07) is 1.81. The minimum atomic E-state index is -0.892. The van der Waals surface area contributed by atoms with Crippen LogP contribution in [0.4, 0.5) is 5.69 Å². The molecule has 1 amide bonds. The lowest BCUT2D eigenvalue weighted by Crippen LogP contribution is -2.36. The molecule has 1 fully saturated rings. The van der Waals surface area contributed by atoms with Crippen LogP contribution in [-0.4, -0.2) is 22.0 Å². The standard InChI is InChI=1S/C15H15BrN2O3/c1-7-4-10(6-17-13(7)16)18-14(19)11-8-2-3-9(5-8)12(11)15(20)21/h2-4,6,8-9,11-12H,5H2,1H3,(H,18,19)(H,20,21)/t8?,9?,11-,12+/m0/s1. The molecule has 5 nitrogen and oxygen atoms in total. The van der Waals surface area contributed by atoms with Crippen molar-refractivity contribution in [2.45, 2.75) is 13.3 Å². The van der Waals surface area contributed by atoms with E-state index in [1.165, 1.54) is 0 Å². The van der Waals surface area contributed by atoms with Crippen LogP contribution in [0, 0.1) is 30.6 Å². The van der Waals surface area contributed by atoms with Crippen LogP contribution in [0.15, 0.2) is 29.0 Å². The summed E-state index contributed by atoms with van der Waals surface area (Å²) in [6.45, 7) is 1.88. The number of aromatic nitrogens is 1. The van der Waals surface area contributed by atoms with E-state index in [1.54, 1.807) is 6.20 Å². The first-order valence-corrected chi connectivity index (χ1v) is 7.61. The summed E-state index contributed by atoms with van der Waals surface area (Å²) in [5.74, 6) is -2.24. The van der Waals surface area contributed by atoms with Crippen molar-refractivity contribution in [3.63, 3.8) is 0 Å². The number of rotatable bonds is 3. The van der Waals surface area contributed by atoms with Crippen molar-refractivity contribution in [3.05, 3.63) is 34.6 Å². The Hall–Kier alpha value is -1.69. The fourth-order valence-electron chi connectivity index (χ4n) is 3.37. The second-order valence-electron chi connectivity index (χ2n) is 5.66. The zero-order valence-corrected chi connectivity index (χ0v) is 13.0. The van der Waals surface area contributed by atoms with Gasteiger partial charge < -0.3 is 10.4 Å². The van der Waals surface area contributed by atoms with Crippen molar-refractivity contribution in [3.8, 4) is 0 Å². The molecule has 21 heavy (non-hydrogen) atoms. The molecule has 0 radical (unpaired) electrons. The molecule has 110 valence electrons. The Labute approximate surface area is 130 Å². The van der Waals surface area contributed by atoms with Gasteiger partial charge in [0.25, 0.3) is 0 Å².